The number of benzene rings is 5. The van der Waals surface area contributed by atoms with Gasteiger partial charge in [-0.2, -0.15) is 5.10 Å². The second-order valence-electron chi connectivity index (χ2n) is 7.62. The predicted octanol–water partition coefficient (Wildman–Crippen LogP) is 6.34. The first-order chi connectivity index (χ1) is 18.3. The number of nitrogens with zero attached hydrogens (tertiary/aromatic N) is 1. The third kappa shape index (κ3) is 9.20. The molecule has 37 heavy (non-hydrogen) atoms. The summed E-state index contributed by atoms with van der Waals surface area (Å²) in [6.45, 7) is 0. The topological polar surface area (TPSA) is 47.5 Å². The fourth-order valence-corrected chi connectivity index (χ4v) is 5.76. The van der Waals surface area contributed by atoms with E-state index in [-0.39, 0.29) is 5.75 Å². The Morgan fingerprint density at radius 1 is 0.568 bits per heavy atom. The first kappa shape index (κ1) is 28.2. The van der Waals surface area contributed by atoms with Crippen molar-refractivity contribution in [1.29, 1.82) is 0 Å². The van der Waals surface area contributed by atoms with Gasteiger partial charge in [-0.25, -0.2) is 0 Å². The van der Waals surface area contributed by atoms with Crippen molar-refractivity contribution in [3.8, 4) is 5.75 Å². The minimum atomic E-state index is -0.446. The molecule has 0 spiro atoms. The fraction of sp³-hybridized carbons (Fsp3) is 0. The molecule has 0 aromatic heterocycles. The molecular formula is C31H26ClCoN2OP. The second kappa shape index (κ2) is 16.4. The summed E-state index contributed by atoms with van der Waals surface area (Å²) in [5, 5.41) is 19.5. The van der Waals surface area contributed by atoms with E-state index in [4.69, 9.17) is 0 Å². The molecule has 5 rings (SSSR count). The normalized spacial score (nSPS) is 10.1. The molecule has 0 fully saturated rings. The van der Waals surface area contributed by atoms with Crippen molar-refractivity contribution in [2.75, 3.05) is 5.43 Å². The molecule has 5 aromatic carbocycles. The average Bonchev–Trinajstić information content (AvgIpc) is 2.98. The van der Waals surface area contributed by atoms with Gasteiger partial charge in [0.15, 0.2) is 0 Å². The van der Waals surface area contributed by atoms with Gasteiger partial charge in [-0.05, 0) is 41.5 Å². The van der Waals surface area contributed by atoms with E-state index >= 15 is 0 Å². The minimum absolute atomic E-state index is 0.0267. The Kier molecular flexibility index (Phi) is 12.5. The van der Waals surface area contributed by atoms with Gasteiger partial charge in [-0.15, -0.1) is 0 Å². The molecule has 5 aromatic rings. The Balaban J connectivity index is 0.000000195. The molecule has 0 unspecified atom stereocenters. The number of hydrogen-bond acceptors (Lipinski definition) is 3. The van der Waals surface area contributed by atoms with E-state index < -0.39 is 7.92 Å². The van der Waals surface area contributed by atoms with E-state index in [2.05, 4.69) is 127 Å². The van der Waals surface area contributed by atoms with E-state index in [1.165, 1.54) is 28.2 Å². The molecule has 0 radical (unpaired) electrons. The fourth-order valence-electron chi connectivity index (χ4n) is 3.45. The summed E-state index contributed by atoms with van der Waals surface area (Å²) in [4.78, 5) is 0. The summed E-state index contributed by atoms with van der Waals surface area (Å²) < 4.78 is 0. The van der Waals surface area contributed by atoms with E-state index in [1.807, 2.05) is 36.4 Å². The molecule has 0 aliphatic carbocycles. The maximum atomic E-state index is 11.3. The van der Waals surface area contributed by atoms with E-state index in [1.54, 1.807) is 12.1 Å². The Morgan fingerprint density at radius 2 is 0.946 bits per heavy atom. The van der Waals surface area contributed by atoms with Gasteiger partial charge in [0.05, 0.1) is 11.9 Å². The molecule has 0 heterocycles. The Morgan fingerprint density at radius 3 is 1.38 bits per heavy atom. The largest absolute Gasteiger partial charge is 0.872 e. The summed E-state index contributed by atoms with van der Waals surface area (Å²) in [6.07, 6.45) is 1.52. The van der Waals surface area contributed by atoms with Gasteiger partial charge in [0, 0.05) is 0 Å². The maximum Gasteiger partial charge on any atom is 0.0561 e. The number of anilines is 1. The molecule has 0 saturated carbocycles. The molecule has 0 bridgehead atoms. The summed E-state index contributed by atoms with van der Waals surface area (Å²) >= 11 is 3.03. The maximum absolute atomic E-state index is 11.3. The molecular weight excluding hydrogens is 542 g/mol. The van der Waals surface area contributed by atoms with Crippen molar-refractivity contribution < 1.29 is 19.9 Å². The van der Waals surface area contributed by atoms with Crippen LogP contribution in [0.25, 0.3) is 0 Å². The first-order valence-electron chi connectivity index (χ1n) is 11.5. The first-order valence-corrected chi connectivity index (χ1v) is 14.3. The van der Waals surface area contributed by atoms with Crippen LogP contribution in [-0.4, -0.2) is 6.21 Å². The zero-order valence-electron chi connectivity index (χ0n) is 19.9. The van der Waals surface area contributed by atoms with Crippen molar-refractivity contribution in [2.24, 2.45) is 5.10 Å². The van der Waals surface area contributed by atoms with Crippen LogP contribution in [0.15, 0.2) is 151 Å². The SMILES string of the molecule is [Cl][Co+].[O-]c1ccccc1/C=N/Nc1ccccc1.c1ccc(P(c2ccccc2)c2ccccc2)cc1. The molecule has 3 nitrogen and oxygen atoms in total. The molecule has 0 aliphatic rings. The Hall–Kier alpha value is -3.40. The molecule has 1 N–H and O–H groups in total. The summed E-state index contributed by atoms with van der Waals surface area (Å²) in [5.41, 5.74) is 4.32. The number of hydrogen-bond donors (Lipinski definition) is 1. The van der Waals surface area contributed by atoms with Crippen molar-refractivity contribution in [3.63, 3.8) is 0 Å². The van der Waals surface area contributed by atoms with Crippen LogP contribution in [0, 0.1) is 0 Å². The van der Waals surface area contributed by atoms with E-state index in [9.17, 15) is 5.11 Å². The Labute approximate surface area is 232 Å². The van der Waals surface area contributed by atoms with Crippen LogP contribution in [0.4, 0.5) is 5.69 Å². The molecule has 187 valence electrons. The van der Waals surface area contributed by atoms with Crippen LogP contribution in [0.2, 0.25) is 0 Å². The second-order valence-corrected chi connectivity index (χ2v) is 9.84. The van der Waals surface area contributed by atoms with Crippen molar-refractivity contribution in [1.82, 2.24) is 0 Å². The van der Waals surface area contributed by atoms with Crippen LogP contribution in [-0.2, 0) is 14.8 Å². The number of para-hydroxylation sites is 2. The van der Waals surface area contributed by atoms with Crippen molar-refractivity contribution in [3.05, 3.63) is 151 Å². The van der Waals surface area contributed by atoms with Crippen LogP contribution < -0.4 is 26.4 Å². The van der Waals surface area contributed by atoms with E-state index in [0.717, 1.165) is 5.69 Å². The van der Waals surface area contributed by atoms with Crippen LogP contribution in [0.5, 0.6) is 5.75 Å². The van der Waals surface area contributed by atoms with Gasteiger partial charge in [-0.1, -0.05) is 139 Å². The van der Waals surface area contributed by atoms with Gasteiger partial charge < -0.3 is 5.11 Å². The number of rotatable bonds is 6. The predicted molar refractivity (Wildman–Crippen MR) is 155 cm³/mol. The molecule has 0 atom stereocenters. The molecule has 6 heteroatoms. The summed E-state index contributed by atoms with van der Waals surface area (Å²) in [5.74, 6) is -0.0267. The minimum Gasteiger partial charge on any atom is -0.872 e. The van der Waals surface area contributed by atoms with Gasteiger partial charge in [0.1, 0.15) is 0 Å². The summed E-state index contributed by atoms with van der Waals surface area (Å²) in [7, 11) is 3.88. The van der Waals surface area contributed by atoms with Crippen LogP contribution in [0.1, 0.15) is 5.56 Å². The Bertz CT molecular complexity index is 1230. The third-order valence-corrected chi connectivity index (χ3v) is 7.58. The monoisotopic (exact) mass is 567 g/mol. The van der Waals surface area contributed by atoms with Crippen LogP contribution in [0.3, 0.4) is 0 Å². The smallest absolute Gasteiger partial charge is 0.0561 e. The van der Waals surface area contributed by atoms with Gasteiger partial charge in [0.2, 0.25) is 0 Å². The quantitative estimate of drug-likeness (QED) is 0.148. The zero-order valence-corrected chi connectivity index (χ0v) is 22.6. The number of halogens is 1. The molecule has 0 amide bonds. The third-order valence-electron chi connectivity index (χ3n) is 5.13. The van der Waals surface area contributed by atoms with E-state index in [0.29, 0.717) is 5.56 Å². The van der Waals surface area contributed by atoms with Gasteiger partial charge in [-0.3, -0.25) is 5.43 Å². The molecule has 0 aliphatic heterocycles. The van der Waals surface area contributed by atoms with Crippen molar-refractivity contribution in [2.45, 2.75) is 0 Å². The van der Waals surface area contributed by atoms with Crippen LogP contribution >= 0.6 is 18.1 Å². The zero-order chi connectivity index (χ0) is 26.1. The van der Waals surface area contributed by atoms with Gasteiger partial charge in [0.25, 0.3) is 0 Å². The number of hydrazone groups is 1. The van der Waals surface area contributed by atoms with Gasteiger partial charge >= 0.3 is 25.0 Å². The average molecular weight is 568 g/mol. The standard InChI is InChI=1S/C18H15P.C13H12N2O.ClH.Co/c1-4-10-16(11-5-1)19(17-12-6-2-7-13-17)18-14-8-3-9-15-18;16-13-9-5-4-6-11(13)10-14-15-12-7-2-1-3-8-12;;/h1-15H;1-10,15-16H;1H;/q;;;+2/p-2/b;14-10+;;. The molecule has 0 saturated heterocycles. The number of nitrogens with one attached hydrogen (secondary N) is 1. The van der Waals surface area contributed by atoms with Crippen molar-refractivity contribution >= 4 is 45.9 Å². The summed E-state index contributed by atoms with van der Waals surface area (Å²) in [6, 6.07) is 48.7.